The van der Waals surface area contributed by atoms with Crippen molar-refractivity contribution in [1.82, 2.24) is 5.32 Å². The Morgan fingerprint density at radius 3 is 2.75 bits per heavy atom. The molecular formula is C16H26ClNO2. The van der Waals surface area contributed by atoms with Gasteiger partial charge in [-0.3, -0.25) is 0 Å². The van der Waals surface area contributed by atoms with Crippen LogP contribution in [0, 0.1) is 0 Å². The zero-order valence-electron chi connectivity index (χ0n) is 12.2. The van der Waals surface area contributed by atoms with Crippen molar-refractivity contribution in [3.05, 3.63) is 30.3 Å². The first-order valence-corrected chi connectivity index (χ1v) is 7.39. The number of piperidine rings is 1. The molecule has 1 aromatic rings. The molecule has 0 spiro atoms. The lowest BCUT2D eigenvalue weighted by molar-refractivity contribution is -0.0861. The third-order valence-corrected chi connectivity index (χ3v) is 3.90. The zero-order chi connectivity index (χ0) is 13.6. The van der Waals surface area contributed by atoms with Crippen LogP contribution in [0.3, 0.4) is 0 Å². The maximum absolute atomic E-state index is 10.9. The molecule has 1 saturated heterocycles. The molecule has 2 rings (SSSR count). The molecule has 20 heavy (non-hydrogen) atoms. The lowest BCUT2D eigenvalue weighted by Gasteiger charge is -2.40. The van der Waals surface area contributed by atoms with Crippen LogP contribution in [0.2, 0.25) is 0 Å². The van der Waals surface area contributed by atoms with Gasteiger partial charge in [-0.2, -0.15) is 0 Å². The second-order valence-corrected chi connectivity index (χ2v) is 5.43. The van der Waals surface area contributed by atoms with Gasteiger partial charge in [-0.15, -0.1) is 12.4 Å². The number of ether oxygens (including phenoxy) is 1. The summed E-state index contributed by atoms with van der Waals surface area (Å²) in [6.07, 6.45) is 4.88. The average Bonchev–Trinajstić information content (AvgIpc) is 2.43. The van der Waals surface area contributed by atoms with E-state index in [2.05, 4.69) is 12.2 Å². The lowest BCUT2D eigenvalue weighted by atomic mass is 9.84. The minimum Gasteiger partial charge on any atom is -0.486 e. The summed E-state index contributed by atoms with van der Waals surface area (Å²) >= 11 is 0. The number of para-hydroxylation sites is 1. The van der Waals surface area contributed by atoms with Crippen molar-refractivity contribution in [2.24, 2.45) is 0 Å². The van der Waals surface area contributed by atoms with Gasteiger partial charge >= 0.3 is 0 Å². The topological polar surface area (TPSA) is 41.5 Å². The van der Waals surface area contributed by atoms with Crippen molar-refractivity contribution in [1.29, 1.82) is 0 Å². The van der Waals surface area contributed by atoms with Crippen molar-refractivity contribution >= 4 is 12.4 Å². The van der Waals surface area contributed by atoms with E-state index in [1.807, 2.05) is 30.3 Å². The smallest absolute Gasteiger partial charge is 0.140 e. The average molecular weight is 300 g/mol. The molecule has 0 aliphatic carbocycles. The molecule has 1 aliphatic heterocycles. The SMILES string of the molecule is CCCCC[C@]1(O)CCNC[C@@H]1Oc1ccccc1.Cl. The number of unbranched alkanes of at least 4 members (excludes halogenated alkanes) is 2. The maximum Gasteiger partial charge on any atom is 0.140 e. The van der Waals surface area contributed by atoms with Gasteiger partial charge in [0.15, 0.2) is 0 Å². The molecule has 0 bridgehead atoms. The summed E-state index contributed by atoms with van der Waals surface area (Å²) in [6.45, 7) is 3.78. The lowest BCUT2D eigenvalue weighted by Crippen LogP contribution is -2.56. The first-order valence-electron chi connectivity index (χ1n) is 7.39. The van der Waals surface area contributed by atoms with Gasteiger partial charge < -0.3 is 15.2 Å². The zero-order valence-corrected chi connectivity index (χ0v) is 13.0. The van der Waals surface area contributed by atoms with Crippen molar-refractivity contribution in [2.45, 2.75) is 50.7 Å². The number of hydrogen-bond acceptors (Lipinski definition) is 3. The Bertz CT molecular complexity index is 374. The fraction of sp³-hybridized carbons (Fsp3) is 0.625. The van der Waals surface area contributed by atoms with E-state index in [4.69, 9.17) is 4.74 Å². The summed E-state index contributed by atoms with van der Waals surface area (Å²) in [7, 11) is 0. The molecule has 114 valence electrons. The molecule has 1 aromatic carbocycles. The summed E-state index contributed by atoms with van der Waals surface area (Å²) < 4.78 is 5.99. The molecule has 0 amide bonds. The molecule has 1 fully saturated rings. The van der Waals surface area contributed by atoms with Crippen LogP contribution >= 0.6 is 12.4 Å². The summed E-state index contributed by atoms with van der Waals surface area (Å²) in [5.74, 6) is 0.838. The summed E-state index contributed by atoms with van der Waals surface area (Å²) in [5, 5.41) is 14.2. The van der Waals surface area contributed by atoms with E-state index in [9.17, 15) is 5.11 Å². The molecule has 0 radical (unpaired) electrons. The standard InChI is InChI=1S/C16H25NO2.ClH/c1-2-3-7-10-16(18)11-12-17-13-15(16)19-14-8-5-4-6-9-14;/h4-6,8-9,15,17-18H,2-3,7,10-13H2,1H3;1H/t15-,16-;/m0./s1. The fourth-order valence-electron chi connectivity index (χ4n) is 2.67. The van der Waals surface area contributed by atoms with E-state index in [0.717, 1.165) is 38.1 Å². The Balaban J connectivity index is 0.00000200. The van der Waals surface area contributed by atoms with Crippen molar-refractivity contribution in [3.63, 3.8) is 0 Å². The number of nitrogens with one attached hydrogen (secondary N) is 1. The highest BCUT2D eigenvalue weighted by atomic mass is 35.5. The highest BCUT2D eigenvalue weighted by Crippen LogP contribution is 2.28. The Morgan fingerprint density at radius 1 is 1.30 bits per heavy atom. The highest BCUT2D eigenvalue weighted by Gasteiger charge is 2.40. The second-order valence-electron chi connectivity index (χ2n) is 5.43. The fourth-order valence-corrected chi connectivity index (χ4v) is 2.67. The molecule has 1 aliphatic rings. The molecule has 3 nitrogen and oxygen atoms in total. The quantitative estimate of drug-likeness (QED) is 0.793. The van der Waals surface area contributed by atoms with Gasteiger partial charge in [-0.05, 0) is 31.5 Å². The number of halogens is 1. The van der Waals surface area contributed by atoms with Gasteiger partial charge in [-0.1, -0.05) is 44.4 Å². The Hall–Kier alpha value is -0.770. The van der Waals surface area contributed by atoms with Gasteiger partial charge in [0.05, 0.1) is 0 Å². The van der Waals surface area contributed by atoms with E-state index in [-0.39, 0.29) is 18.5 Å². The third-order valence-electron chi connectivity index (χ3n) is 3.90. The number of rotatable bonds is 6. The molecule has 2 N–H and O–H groups in total. The Morgan fingerprint density at radius 2 is 2.05 bits per heavy atom. The van der Waals surface area contributed by atoms with Crippen LogP contribution in [-0.2, 0) is 0 Å². The van der Waals surface area contributed by atoms with E-state index in [1.54, 1.807) is 0 Å². The van der Waals surface area contributed by atoms with Crippen LogP contribution in [0.15, 0.2) is 30.3 Å². The highest BCUT2D eigenvalue weighted by molar-refractivity contribution is 5.85. The molecule has 2 atom stereocenters. The summed E-state index contributed by atoms with van der Waals surface area (Å²) in [6, 6.07) is 9.78. The summed E-state index contributed by atoms with van der Waals surface area (Å²) in [5.41, 5.74) is -0.684. The first kappa shape index (κ1) is 17.3. The largest absolute Gasteiger partial charge is 0.486 e. The predicted octanol–water partition coefficient (Wildman–Crippen LogP) is 3.16. The van der Waals surface area contributed by atoms with Crippen LogP contribution < -0.4 is 10.1 Å². The monoisotopic (exact) mass is 299 g/mol. The molecule has 0 unspecified atom stereocenters. The van der Waals surface area contributed by atoms with Crippen LogP contribution in [-0.4, -0.2) is 29.9 Å². The molecule has 4 heteroatoms. The molecule has 0 saturated carbocycles. The van der Waals surface area contributed by atoms with Crippen LogP contribution in [0.25, 0.3) is 0 Å². The van der Waals surface area contributed by atoms with Crippen LogP contribution in [0.5, 0.6) is 5.75 Å². The number of aliphatic hydroxyl groups is 1. The Labute approximate surface area is 128 Å². The van der Waals surface area contributed by atoms with E-state index in [0.29, 0.717) is 0 Å². The van der Waals surface area contributed by atoms with Gasteiger partial charge in [-0.25, -0.2) is 0 Å². The third kappa shape index (κ3) is 4.65. The van der Waals surface area contributed by atoms with E-state index >= 15 is 0 Å². The van der Waals surface area contributed by atoms with Crippen molar-refractivity contribution < 1.29 is 9.84 Å². The number of benzene rings is 1. The Kier molecular flexibility index (Phi) is 7.35. The minimum absolute atomic E-state index is 0. The normalized spacial score (nSPS) is 25.8. The van der Waals surface area contributed by atoms with Crippen LogP contribution in [0.1, 0.15) is 39.0 Å². The van der Waals surface area contributed by atoms with Crippen molar-refractivity contribution in [2.75, 3.05) is 13.1 Å². The number of hydrogen-bond donors (Lipinski definition) is 2. The maximum atomic E-state index is 10.9. The van der Waals surface area contributed by atoms with Gasteiger partial charge in [0.25, 0.3) is 0 Å². The molecule has 1 heterocycles. The predicted molar refractivity (Wildman–Crippen MR) is 84.7 cm³/mol. The molecular weight excluding hydrogens is 274 g/mol. The summed E-state index contributed by atoms with van der Waals surface area (Å²) in [4.78, 5) is 0. The van der Waals surface area contributed by atoms with Gasteiger partial charge in [0, 0.05) is 6.54 Å². The second kappa shape index (κ2) is 8.50. The van der Waals surface area contributed by atoms with Crippen LogP contribution in [0.4, 0.5) is 0 Å². The van der Waals surface area contributed by atoms with E-state index < -0.39 is 5.60 Å². The van der Waals surface area contributed by atoms with E-state index in [1.165, 1.54) is 12.8 Å². The minimum atomic E-state index is -0.684. The van der Waals surface area contributed by atoms with Gasteiger partial charge in [0.2, 0.25) is 0 Å². The van der Waals surface area contributed by atoms with Gasteiger partial charge in [0.1, 0.15) is 17.5 Å². The first-order chi connectivity index (χ1) is 9.24. The van der Waals surface area contributed by atoms with Crippen molar-refractivity contribution in [3.8, 4) is 5.75 Å². The molecule has 0 aromatic heterocycles.